The summed E-state index contributed by atoms with van der Waals surface area (Å²) in [7, 11) is 0. The molecular weight excluding hydrogens is 182 g/mol. The molecule has 0 saturated heterocycles. The van der Waals surface area contributed by atoms with Gasteiger partial charge >= 0.3 is 0 Å². The van der Waals surface area contributed by atoms with Crippen LogP contribution in [-0.2, 0) is 25.1 Å². The van der Waals surface area contributed by atoms with E-state index in [-0.39, 0.29) is 0 Å². The first-order valence-electron chi connectivity index (χ1n) is 4.86. The lowest BCUT2D eigenvalue weighted by Gasteiger charge is -2.13. The number of thioether (sulfide) groups is 1. The van der Waals surface area contributed by atoms with E-state index in [1.54, 1.807) is 0 Å². The lowest BCUT2D eigenvalue weighted by Crippen LogP contribution is -2.22. The minimum absolute atomic E-state index is 0.938. The molecule has 0 spiro atoms. The minimum atomic E-state index is 0.938. The van der Waals surface area contributed by atoms with Gasteiger partial charge in [-0.25, -0.2) is 0 Å². The van der Waals surface area contributed by atoms with Gasteiger partial charge in [-0.05, 0) is 13.0 Å². The van der Waals surface area contributed by atoms with E-state index < -0.39 is 0 Å². The molecule has 13 heavy (non-hydrogen) atoms. The Balaban J connectivity index is 2.09. The van der Waals surface area contributed by atoms with Gasteiger partial charge in [0.25, 0.3) is 0 Å². The first kappa shape index (κ1) is 7.94. The van der Waals surface area contributed by atoms with Crippen molar-refractivity contribution in [2.75, 3.05) is 12.3 Å². The second kappa shape index (κ2) is 3.07. The molecule has 2 aliphatic rings. The molecule has 0 amide bonds. The van der Waals surface area contributed by atoms with Crippen molar-refractivity contribution in [3.05, 3.63) is 22.6 Å². The molecule has 1 aromatic heterocycles. The van der Waals surface area contributed by atoms with E-state index in [1.165, 1.54) is 34.2 Å². The van der Waals surface area contributed by atoms with E-state index in [0.29, 0.717) is 0 Å². The highest BCUT2D eigenvalue weighted by Crippen LogP contribution is 2.33. The zero-order chi connectivity index (χ0) is 8.67. The van der Waals surface area contributed by atoms with Crippen LogP contribution in [0.5, 0.6) is 0 Å². The number of hydrogen-bond acceptors (Lipinski definition) is 3. The van der Waals surface area contributed by atoms with E-state index >= 15 is 0 Å². The van der Waals surface area contributed by atoms with Gasteiger partial charge in [0.15, 0.2) is 0 Å². The van der Waals surface area contributed by atoms with Crippen molar-refractivity contribution in [3.63, 3.8) is 0 Å². The fraction of sp³-hybridized carbons (Fsp3) is 0.600. The summed E-state index contributed by atoms with van der Waals surface area (Å²) in [5, 5.41) is 3.35. The molecule has 1 aromatic rings. The van der Waals surface area contributed by atoms with E-state index in [2.05, 4.69) is 5.32 Å². The molecule has 3 rings (SSSR count). The predicted octanol–water partition coefficient (Wildman–Crippen LogP) is 1.71. The van der Waals surface area contributed by atoms with Crippen LogP contribution >= 0.6 is 11.8 Å². The van der Waals surface area contributed by atoms with Crippen molar-refractivity contribution >= 4 is 11.8 Å². The smallest absolute Gasteiger partial charge is 0.121 e. The SMILES string of the molecule is C1Cc2c(oc3c2CSCC3)CN1. The molecule has 2 aliphatic heterocycles. The lowest BCUT2D eigenvalue weighted by molar-refractivity contribution is 0.435. The van der Waals surface area contributed by atoms with Crippen molar-refractivity contribution < 1.29 is 4.42 Å². The number of aryl methyl sites for hydroxylation is 1. The minimum Gasteiger partial charge on any atom is -0.464 e. The number of fused-ring (bicyclic) bond motifs is 3. The summed E-state index contributed by atoms with van der Waals surface area (Å²) in [6, 6.07) is 0. The summed E-state index contributed by atoms with van der Waals surface area (Å²) in [6.07, 6.45) is 2.29. The third-order valence-electron chi connectivity index (χ3n) is 2.84. The average Bonchev–Trinajstić information content (AvgIpc) is 2.56. The quantitative estimate of drug-likeness (QED) is 0.682. The second-order valence-electron chi connectivity index (χ2n) is 3.63. The molecular formula is C10H13NOS. The van der Waals surface area contributed by atoms with E-state index in [0.717, 1.165) is 25.9 Å². The standard InChI is InChI=1S/C10H13NOS/c1-3-11-5-10-7(1)8-6-13-4-2-9(8)12-10/h11H,1-6H2. The van der Waals surface area contributed by atoms with E-state index in [4.69, 9.17) is 4.42 Å². The molecule has 0 atom stereocenters. The maximum Gasteiger partial charge on any atom is 0.121 e. The Bertz CT molecular complexity index is 301. The highest BCUT2D eigenvalue weighted by atomic mass is 32.2. The van der Waals surface area contributed by atoms with Gasteiger partial charge in [-0.15, -0.1) is 0 Å². The summed E-state index contributed by atoms with van der Waals surface area (Å²) in [5.74, 6) is 4.88. The Hall–Kier alpha value is -0.410. The number of hydrogen-bond donors (Lipinski definition) is 1. The number of nitrogens with one attached hydrogen (secondary N) is 1. The summed E-state index contributed by atoms with van der Waals surface area (Å²) in [5.41, 5.74) is 3.04. The van der Waals surface area contributed by atoms with Gasteiger partial charge in [0.2, 0.25) is 0 Å². The molecule has 0 aromatic carbocycles. The molecule has 0 radical (unpaired) electrons. The molecule has 0 fully saturated rings. The molecule has 0 bridgehead atoms. The van der Waals surface area contributed by atoms with E-state index in [1.807, 2.05) is 11.8 Å². The Labute approximate surface area is 82.1 Å². The summed E-state index contributed by atoms with van der Waals surface area (Å²) in [6.45, 7) is 2.05. The normalized spacial score (nSPS) is 20.9. The second-order valence-corrected chi connectivity index (χ2v) is 4.74. The molecule has 3 heteroatoms. The monoisotopic (exact) mass is 195 g/mol. The highest BCUT2D eigenvalue weighted by Gasteiger charge is 2.23. The third kappa shape index (κ3) is 1.22. The fourth-order valence-electron chi connectivity index (χ4n) is 2.17. The van der Waals surface area contributed by atoms with Crippen LogP contribution in [0.3, 0.4) is 0 Å². The molecule has 2 nitrogen and oxygen atoms in total. The fourth-order valence-corrected chi connectivity index (χ4v) is 3.18. The maximum atomic E-state index is 5.85. The first-order valence-corrected chi connectivity index (χ1v) is 6.01. The van der Waals surface area contributed by atoms with Crippen LogP contribution in [0.25, 0.3) is 0 Å². The highest BCUT2D eigenvalue weighted by molar-refractivity contribution is 7.98. The summed E-state index contributed by atoms with van der Waals surface area (Å²) in [4.78, 5) is 0. The van der Waals surface area contributed by atoms with Crippen LogP contribution in [0.15, 0.2) is 4.42 Å². The molecule has 3 heterocycles. The van der Waals surface area contributed by atoms with Crippen LogP contribution in [0, 0.1) is 0 Å². The Morgan fingerprint density at radius 2 is 2.15 bits per heavy atom. The van der Waals surface area contributed by atoms with Gasteiger partial charge in [0.05, 0.1) is 6.54 Å². The van der Waals surface area contributed by atoms with Gasteiger partial charge in [-0.3, -0.25) is 0 Å². The van der Waals surface area contributed by atoms with E-state index in [9.17, 15) is 0 Å². The zero-order valence-corrected chi connectivity index (χ0v) is 8.38. The van der Waals surface area contributed by atoms with Gasteiger partial charge in [-0.1, -0.05) is 0 Å². The third-order valence-corrected chi connectivity index (χ3v) is 3.83. The van der Waals surface area contributed by atoms with Crippen molar-refractivity contribution in [2.45, 2.75) is 25.1 Å². The number of rotatable bonds is 0. The summed E-state index contributed by atoms with van der Waals surface area (Å²) >= 11 is 2.03. The zero-order valence-electron chi connectivity index (χ0n) is 7.56. The van der Waals surface area contributed by atoms with Gasteiger partial charge in [-0.2, -0.15) is 11.8 Å². The maximum absolute atomic E-state index is 5.85. The van der Waals surface area contributed by atoms with Crippen molar-refractivity contribution in [1.82, 2.24) is 5.32 Å². The molecule has 70 valence electrons. The van der Waals surface area contributed by atoms with Crippen molar-refractivity contribution in [2.24, 2.45) is 0 Å². The molecule has 1 N–H and O–H groups in total. The molecule has 0 unspecified atom stereocenters. The largest absolute Gasteiger partial charge is 0.464 e. The van der Waals surface area contributed by atoms with Gasteiger partial charge in [0, 0.05) is 29.1 Å². The van der Waals surface area contributed by atoms with Crippen molar-refractivity contribution in [3.8, 4) is 0 Å². The average molecular weight is 195 g/mol. The van der Waals surface area contributed by atoms with Crippen molar-refractivity contribution in [1.29, 1.82) is 0 Å². The lowest BCUT2D eigenvalue weighted by atomic mass is 10.0. The number of furan rings is 1. The van der Waals surface area contributed by atoms with Crippen LogP contribution in [0.2, 0.25) is 0 Å². The van der Waals surface area contributed by atoms with Gasteiger partial charge in [0.1, 0.15) is 11.5 Å². The topological polar surface area (TPSA) is 25.2 Å². The molecule has 0 aliphatic carbocycles. The Morgan fingerprint density at radius 3 is 3.15 bits per heavy atom. The summed E-state index contributed by atoms with van der Waals surface area (Å²) < 4.78 is 5.85. The Morgan fingerprint density at radius 1 is 1.15 bits per heavy atom. The van der Waals surface area contributed by atoms with Crippen LogP contribution < -0.4 is 5.32 Å². The first-order chi connectivity index (χ1) is 6.45. The van der Waals surface area contributed by atoms with Gasteiger partial charge < -0.3 is 9.73 Å². The Kier molecular flexibility index (Phi) is 1.87. The van der Waals surface area contributed by atoms with Crippen LogP contribution in [0.1, 0.15) is 22.6 Å². The van der Waals surface area contributed by atoms with Crippen LogP contribution in [0.4, 0.5) is 0 Å². The van der Waals surface area contributed by atoms with Crippen LogP contribution in [-0.4, -0.2) is 12.3 Å². The predicted molar refractivity (Wildman–Crippen MR) is 54.0 cm³/mol. The molecule has 0 saturated carbocycles.